The number of rotatable bonds is 4. The van der Waals surface area contributed by atoms with Gasteiger partial charge in [-0.05, 0) is 30.7 Å². The number of aliphatic imine (C=N–C) groups is 1. The number of benzene rings is 1. The lowest BCUT2D eigenvalue weighted by Gasteiger charge is -2.08. The summed E-state index contributed by atoms with van der Waals surface area (Å²) >= 11 is 0. The predicted octanol–water partition coefficient (Wildman–Crippen LogP) is 3.89. The van der Waals surface area contributed by atoms with Crippen LogP contribution < -0.4 is 5.32 Å². The predicted molar refractivity (Wildman–Crippen MR) is 83.6 cm³/mol. The molecule has 116 valence electrons. The molecular weight excluding hydrogens is 287 g/mol. The maximum atomic E-state index is 12.9. The van der Waals surface area contributed by atoms with Gasteiger partial charge in [-0.1, -0.05) is 12.2 Å². The lowest BCUT2D eigenvalue weighted by Crippen LogP contribution is -2.13. The number of amides is 1. The molecule has 0 aliphatic heterocycles. The van der Waals surface area contributed by atoms with Gasteiger partial charge in [-0.15, -0.1) is 0 Å². The number of anilines is 1. The number of nitrogens with one attached hydrogen (secondary N) is 1. The Morgan fingerprint density at radius 1 is 1.59 bits per heavy atom. The Labute approximate surface area is 127 Å². The normalized spacial score (nSPS) is 17.4. The van der Waals surface area contributed by atoms with Crippen LogP contribution in [0.15, 0.2) is 47.0 Å². The molecule has 0 spiro atoms. The number of ether oxygens (including phenoxy) is 1. The first-order valence-corrected chi connectivity index (χ1v) is 6.91. The summed E-state index contributed by atoms with van der Waals surface area (Å²) in [5.74, 6) is -0.111. The molecule has 1 aliphatic carbocycles. The summed E-state index contributed by atoms with van der Waals surface area (Å²) in [6.45, 7) is 1.94. The average Bonchev–Trinajstić information content (AvgIpc) is 2.49. The Balaban J connectivity index is 2.03. The van der Waals surface area contributed by atoms with E-state index in [9.17, 15) is 14.3 Å². The first kappa shape index (κ1) is 15.8. The van der Waals surface area contributed by atoms with E-state index in [0.29, 0.717) is 12.1 Å². The molecule has 0 saturated heterocycles. The molecule has 0 bridgehead atoms. The van der Waals surface area contributed by atoms with Crippen molar-refractivity contribution in [3.63, 3.8) is 0 Å². The summed E-state index contributed by atoms with van der Waals surface area (Å²) in [5, 5.41) is 12.3. The summed E-state index contributed by atoms with van der Waals surface area (Å²) in [6.07, 6.45) is 5.26. The number of allylic oxidation sites excluding steroid dienone is 4. The minimum atomic E-state index is -0.936. The van der Waals surface area contributed by atoms with E-state index in [2.05, 4.69) is 10.3 Å². The first-order valence-electron chi connectivity index (χ1n) is 6.91. The van der Waals surface area contributed by atoms with Gasteiger partial charge in [-0.2, -0.15) is 0 Å². The molecule has 0 saturated carbocycles. The number of hydrogen-bond donors (Lipinski definition) is 2. The van der Waals surface area contributed by atoms with Crippen LogP contribution in [-0.4, -0.2) is 30.2 Å². The van der Waals surface area contributed by atoms with Gasteiger partial charge >= 0.3 is 6.09 Å². The third-order valence-corrected chi connectivity index (χ3v) is 2.93. The highest BCUT2D eigenvalue weighted by molar-refractivity contribution is 5.88. The zero-order chi connectivity index (χ0) is 15.9. The Morgan fingerprint density at radius 3 is 3.05 bits per heavy atom. The quantitative estimate of drug-likeness (QED) is 0.655. The molecule has 22 heavy (non-hydrogen) atoms. The maximum absolute atomic E-state index is 12.9. The van der Waals surface area contributed by atoms with Gasteiger partial charge in [0.2, 0.25) is 0 Å². The van der Waals surface area contributed by atoms with Gasteiger partial charge in [0, 0.05) is 18.7 Å². The minimum absolute atomic E-state index is 0.111. The fraction of sp³-hybridized carbons (Fsp3) is 0.250. The number of phenols is 1. The smallest absolute Gasteiger partial charge is 0.411 e. The summed E-state index contributed by atoms with van der Waals surface area (Å²) in [6, 6.07) is 4.59. The lowest BCUT2D eigenvalue weighted by molar-refractivity contribution is 0.168. The van der Waals surface area contributed by atoms with Gasteiger partial charge in [0.25, 0.3) is 0 Å². The third kappa shape index (κ3) is 4.44. The molecule has 0 aromatic heterocycles. The van der Waals surface area contributed by atoms with Crippen molar-refractivity contribution in [1.82, 2.24) is 0 Å². The SMILES string of the molecule is CCOC(=O)Nc1ccc(N=CC2=CCC(F)C=C2)cc1O. The zero-order valence-corrected chi connectivity index (χ0v) is 12.1. The molecular formula is C16H17FN2O3. The van der Waals surface area contributed by atoms with Crippen molar-refractivity contribution in [3.05, 3.63) is 42.0 Å². The number of hydrogen-bond acceptors (Lipinski definition) is 4. The molecule has 1 unspecified atom stereocenters. The van der Waals surface area contributed by atoms with Crippen LogP contribution in [0, 0.1) is 0 Å². The van der Waals surface area contributed by atoms with Crippen molar-refractivity contribution in [2.45, 2.75) is 19.5 Å². The van der Waals surface area contributed by atoms with Crippen molar-refractivity contribution in [2.24, 2.45) is 4.99 Å². The molecule has 6 heteroatoms. The fourth-order valence-corrected chi connectivity index (χ4v) is 1.84. The highest BCUT2D eigenvalue weighted by Crippen LogP contribution is 2.28. The number of alkyl halides is 1. The van der Waals surface area contributed by atoms with Gasteiger partial charge < -0.3 is 9.84 Å². The van der Waals surface area contributed by atoms with E-state index >= 15 is 0 Å². The van der Waals surface area contributed by atoms with E-state index in [1.54, 1.807) is 31.4 Å². The number of phenolic OH excluding ortho intramolecular Hbond substituents is 1. The van der Waals surface area contributed by atoms with Gasteiger partial charge in [0.1, 0.15) is 11.9 Å². The standard InChI is InChI=1S/C16H17FN2O3/c1-2-22-16(21)19-14-8-7-13(9-15(14)20)18-10-11-3-5-12(17)6-4-11/h3-5,7-10,12,20H,2,6H2,1H3,(H,19,21). The highest BCUT2D eigenvalue weighted by Gasteiger charge is 2.07. The largest absolute Gasteiger partial charge is 0.506 e. The van der Waals surface area contributed by atoms with Crippen LogP contribution in [-0.2, 0) is 4.74 Å². The summed E-state index contributed by atoms with van der Waals surface area (Å²) in [5.41, 5.74) is 1.57. The molecule has 0 radical (unpaired) electrons. The second kappa shape index (κ2) is 7.40. The Kier molecular flexibility index (Phi) is 5.30. The number of carbonyl (C=O) groups excluding carboxylic acids is 1. The van der Waals surface area contributed by atoms with Crippen molar-refractivity contribution in [3.8, 4) is 5.75 Å². The Hall–Kier alpha value is -2.63. The van der Waals surface area contributed by atoms with Gasteiger partial charge in [-0.25, -0.2) is 9.18 Å². The second-order valence-electron chi connectivity index (χ2n) is 4.62. The third-order valence-electron chi connectivity index (χ3n) is 2.93. The summed E-state index contributed by atoms with van der Waals surface area (Å²) in [4.78, 5) is 15.5. The summed E-state index contributed by atoms with van der Waals surface area (Å²) < 4.78 is 17.7. The molecule has 1 aliphatic rings. The van der Waals surface area contributed by atoms with Gasteiger partial charge in [0.05, 0.1) is 18.0 Å². The van der Waals surface area contributed by atoms with Crippen LogP contribution in [0.5, 0.6) is 5.75 Å². The van der Waals surface area contributed by atoms with E-state index in [0.717, 1.165) is 5.57 Å². The fourth-order valence-electron chi connectivity index (χ4n) is 1.84. The molecule has 1 atom stereocenters. The maximum Gasteiger partial charge on any atom is 0.411 e. The van der Waals surface area contributed by atoms with Crippen molar-refractivity contribution in [1.29, 1.82) is 0 Å². The van der Waals surface area contributed by atoms with E-state index in [4.69, 9.17) is 4.74 Å². The molecule has 2 N–H and O–H groups in total. The summed E-state index contributed by atoms with van der Waals surface area (Å²) in [7, 11) is 0. The molecule has 5 nitrogen and oxygen atoms in total. The number of nitrogens with zero attached hydrogens (tertiary/aromatic N) is 1. The average molecular weight is 304 g/mol. The Bertz CT molecular complexity index is 638. The molecule has 2 rings (SSSR count). The number of halogens is 1. The van der Waals surface area contributed by atoms with Crippen molar-refractivity contribution in [2.75, 3.05) is 11.9 Å². The minimum Gasteiger partial charge on any atom is -0.506 e. The van der Waals surface area contributed by atoms with Crippen LogP contribution in [0.1, 0.15) is 13.3 Å². The number of carbonyl (C=O) groups is 1. The van der Waals surface area contributed by atoms with E-state index < -0.39 is 12.3 Å². The second-order valence-corrected chi connectivity index (χ2v) is 4.62. The van der Waals surface area contributed by atoms with Crippen LogP contribution in [0.4, 0.5) is 20.6 Å². The Morgan fingerprint density at radius 2 is 2.41 bits per heavy atom. The van der Waals surface area contributed by atoms with E-state index in [1.165, 1.54) is 18.2 Å². The zero-order valence-electron chi connectivity index (χ0n) is 12.1. The van der Waals surface area contributed by atoms with Gasteiger partial charge in [-0.3, -0.25) is 10.3 Å². The van der Waals surface area contributed by atoms with E-state index in [1.807, 2.05) is 0 Å². The van der Waals surface area contributed by atoms with Crippen LogP contribution >= 0.6 is 0 Å². The molecule has 0 fully saturated rings. The van der Waals surface area contributed by atoms with Gasteiger partial charge in [0.15, 0.2) is 0 Å². The van der Waals surface area contributed by atoms with Crippen molar-refractivity contribution >= 4 is 23.7 Å². The highest BCUT2D eigenvalue weighted by atomic mass is 19.1. The molecule has 1 aromatic rings. The number of aromatic hydroxyl groups is 1. The molecule has 1 aromatic carbocycles. The first-order chi connectivity index (χ1) is 10.6. The van der Waals surface area contributed by atoms with E-state index in [-0.39, 0.29) is 18.0 Å². The van der Waals surface area contributed by atoms with Crippen molar-refractivity contribution < 1.29 is 19.0 Å². The molecule has 0 heterocycles. The monoisotopic (exact) mass is 304 g/mol. The topological polar surface area (TPSA) is 70.9 Å². The van der Waals surface area contributed by atoms with Crippen LogP contribution in [0.3, 0.4) is 0 Å². The molecule has 1 amide bonds. The lowest BCUT2D eigenvalue weighted by atomic mass is 10.1. The van der Waals surface area contributed by atoms with Crippen LogP contribution in [0.25, 0.3) is 0 Å². The van der Waals surface area contributed by atoms with Crippen LogP contribution in [0.2, 0.25) is 0 Å².